The molecule has 27 heavy (non-hydrogen) atoms. The van der Waals surface area contributed by atoms with Crippen molar-refractivity contribution in [2.24, 2.45) is 0 Å². The summed E-state index contributed by atoms with van der Waals surface area (Å²) < 4.78 is 15.8. The van der Waals surface area contributed by atoms with Crippen molar-refractivity contribution in [1.29, 1.82) is 0 Å². The molecule has 0 saturated carbocycles. The predicted molar refractivity (Wildman–Crippen MR) is 98.6 cm³/mol. The Morgan fingerprint density at radius 2 is 2.04 bits per heavy atom. The third-order valence-electron chi connectivity index (χ3n) is 3.73. The van der Waals surface area contributed by atoms with Gasteiger partial charge in [-0.3, -0.25) is 4.79 Å². The lowest BCUT2D eigenvalue weighted by atomic mass is 10.2. The van der Waals surface area contributed by atoms with E-state index < -0.39 is 5.63 Å². The van der Waals surface area contributed by atoms with Gasteiger partial charge in [0, 0.05) is 17.1 Å². The molecular formula is C18H13N3O5S. The Morgan fingerprint density at radius 3 is 2.85 bits per heavy atom. The maximum atomic E-state index is 12.2. The lowest BCUT2D eigenvalue weighted by Gasteiger charge is -2.05. The molecular weight excluding hydrogens is 370 g/mol. The monoisotopic (exact) mass is 383 g/mol. The smallest absolute Gasteiger partial charge is 0.336 e. The highest BCUT2D eigenvalue weighted by Gasteiger charge is 2.14. The van der Waals surface area contributed by atoms with Gasteiger partial charge in [-0.1, -0.05) is 11.8 Å². The average molecular weight is 383 g/mol. The van der Waals surface area contributed by atoms with Crippen molar-refractivity contribution in [2.45, 2.75) is 12.1 Å². The van der Waals surface area contributed by atoms with E-state index in [4.69, 9.17) is 13.3 Å². The highest BCUT2D eigenvalue weighted by atomic mass is 32.2. The Balaban J connectivity index is 1.39. The van der Waals surface area contributed by atoms with Gasteiger partial charge in [0.2, 0.25) is 5.91 Å². The van der Waals surface area contributed by atoms with Gasteiger partial charge < -0.3 is 18.6 Å². The predicted octanol–water partition coefficient (Wildman–Crippen LogP) is 3.48. The van der Waals surface area contributed by atoms with Gasteiger partial charge in [0.05, 0.1) is 17.6 Å². The van der Waals surface area contributed by atoms with Crippen molar-refractivity contribution in [3.63, 3.8) is 0 Å². The SMILES string of the molecule is Cc1occc1-c1nnc(SCC(=O)Nc2ccc3oc(=O)ccc3c2)o1. The number of aromatic nitrogens is 2. The number of hydrogen-bond acceptors (Lipinski definition) is 8. The number of nitrogens with one attached hydrogen (secondary N) is 1. The summed E-state index contributed by atoms with van der Waals surface area (Å²) in [5.74, 6) is 0.907. The maximum Gasteiger partial charge on any atom is 0.336 e. The molecule has 1 N–H and O–H groups in total. The highest BCUT2D eigenvalue weighted by Crippen LogP contribution is 2.26. The summed E-state index contributed by atoms with van der Waals surface area (Å²) in [4.78, 5) is 23.4. The molecule has 0 spiro atoms. The molecule has 0 fully saturated rings. The van der Waals surface area contributed by atoms with Crippen LogP contribution in [-0.2, 0) is 4.79 Å². The maximum absolute atomic E-state index is 12.2. The first-order chi connectivity index (χ1) is 13.1. The number of fused-ring (bicyclic) bond motifs is 1. The van der Waals surface area contributed by atoms with Crippen molar-refractivity contribution < 1.29 is 18.0 Å². The van der Waals surface area contributed by atoms with Crippen LogP contribution >= 0.6 is 11.8 Å². The van der Waals surface area contributed by atoms with E-state index >= 15 is 0 Å². The van der Waals surface area contributed by atoms with E-state index in [-0.39, 0.29) is 11.7 Å². The quantitative estimate of drug-likeness (QED) is 0.412. The normalized spacial score (nSPS) is 11.0. The minimum Gasteiger partial charge on any atom is -0.469 e. The molecule has 9 heteroatoms. The number of anilines is 1. The zero-order chi connectivity index (χ0) is 18.8. The molecule has 0 unspecified atom stereocenters. The van der Waals surface area contributed by atoms with Gasteiger partial charge in [0.1, 0.15) is 11.3 Å². The van der Waals surface area contributed by atoms with Gasteiger partial charge in [0.15, 0.2) is 0 Å². The van der Waals surface area contributed by atoms with Gasteiger partial charge in [-0.2, -0.15) is 0 Å². The van der Waals surface area contributed by atoms with Gasteiger partial charge in [-0.25, -0.2) is 4.79 Å². The van der Waals surface area contributed by atoms with Crippen molar-refractivity contribution in [2.75, 3.05) is 11.1 Å². The van der Waals surface area contributed by atoms with E-state index in [0.717, 1.165) is 22.7 Å². The van der Waals surface area contributed by atoms with Crippen LogP contribution in [0.25, 0.3) is 22.4 Å². The largest absolute Gasteiger partial charge is 0.469 e. The van der Waals surface area contributed by atoms with Gasteiger partial charge in [0.25, 0.3) is 11.1 Å². The minimum absolute atomic E-state index is 0.105. The highest BCUT2D eigenvalue weighted by molar-refractivity contribution is 7.99. The lowest BCUT2D eigenvalue weighted by Crippen LogP contribution is -2.14. The molecule has 8 nitrogen and oxygen atoms in total. The number of carbonyl (C=O) groups is 1. The fraction of sp³-hybridized carbons (Fsp3) is 0.111. The van der Waals surface area contributed by atoms with Crippen LogP contribution in [0.4, 0.5) is 5.69 Å². The second-order valence-electron chi connectivity index (χ2n) is 5.61. The van der Waals surface area contributed by atoms with E-state index in [1.165, 1.54) is 6.07 Å². The molecule has 3 heterocycles. The molecule has 0 radical (unpaired) electrons. The summed E-state index contributed by atoms with van der Waals surface area (Å²) in [6.07, 6.45) is 1.55. The Hall–Kier alpha value is -3.33. The summed E-state index contributed by atoms with van der Waals surface area (Å²) >= 11 is 1.13. The Labute approximate surface area is 156 Å². The van der Waals surface area contributed by atoms with Gasteiger partial charge in [-0.05, 0) is 37.3 Å². The van der Waals surface area contributed by atoms with E-state index in [9.17, 15) is 9.59 Å². The number of rotatable bonds is 5. The minimum atomic E-state index is -0.416. The number of benzene rings is 1. The van der Waals surface area contributed by atoms with Gasteiger partial charge >= 0.3 is 5.63 Å². The number of carbonyl (C=O) groups excluding carboxylic acids is 1. The third kappa shape index (κ3) is 3.77. The summed E-state index contributed by atoms with van der Waals surface area (Å²) in [6, 6.07) is 9.75. The molecule has 0 atom stereocenters. The number of furan rings is 1. The molecule has 0 bridgehead atoms. The van der Waals surface area contributed by atoms with Gasteiger partial charge in [-0.15, -0.1) is 10.2 Å². The lowest BCUT2D eigenvalue weighted by molar-refractivity contribution is -0.113. The molecule has 3 aromatic heterocycles. The van der Waals surface area contributed by atoms with Crippen molar-refractivity contribution in [3.8, 4) is 11.5 Å². The van der Waals surface area contributed by atoms with Crippen LogP contribution in [-0.4, -0.2) is 21.9 Å². The standard InChI is InChI=1S/C18H13N3O5S/c1-10-13(6-7-24-10)17-20-21-18(26-17)27-9-15(22)19-12-3-4-14-11(8-12)2-5-16(23)25-14/h2-8H,9H2,1H3,(H,19,22). The molecule has 0 saturated heterocycles. The number of thioether (sulfide) groups is 1. The molecule has 0 aliphatic carbocycles. The summed E-state index contributed by atoms with van der Waals surface area (Å²) in [6.45, 7) is 1.80. The fourth-order valence-electron chi connectivity index (χ4n) is 2.46. The van der Waals surface area contributed by atoms with E-state index in [0.29, 0.717) is 28.1 Å². The summed E-state index contributed by atoms with van der Waals surface area (Å²) in [5, 5.41) is 11.7. The van der Waals surface area contributed by atoms with E-state index in [1.54, 1.807) is 43.5 Å². The van der Waals surface area contributed by atoms with E-state index in [2.05, 4.69) is 15.5 Å². The Kier molecular flexibility index (Phi) is 4.51. The van der Waals surface area contributed by atoms with Crippen LogP contribution in [0, 0.1) is 6.92 Å². The zero-order valence-corrected chi connectivity index (χ0v) is 14.9. The van der Waals surface area contributed by atoms with Crippen molar-refractivity contribution in [3.05, 3.63) is 58.8 Å². The van der Waals surface area contributed by atoms with Crippen molar-refractivity contribution >= 4 is 34.3 Å². The van der Waals surface area contributed by atoms with Crippen LogP contribution in [0.3, 0.4) is 0 Å². The first kappa shape index (κ1) is 17.1. The summed E-state index contributed by atoms with van der Waals surface area (Å²) in [7, 11) is 0. The topological polar surface area (TPSA) is 111 Å². The molecule has 136 valence electrons. The first-order valence-corrected chi connectivity index (χ1v) is 8.91. The van der Waals surface area contributed by atoms with E-state index in [1.807, 2.05) is 0 Å². The molecule has 4 aromatic rings. The number of nitrogens with zero attached hydrogens (tertiary/aromatic N) is 2. The molecule has 1 amide bonds. The Bertz CT molecular complexity index is 1180. The summed E-state index contributed by atoms with van der Waals surface area (Å²) in [5.41, 5.74) is 1.37. The van der Waals surface area contributed by atoms with Crippen LogP contribution in [0.15, 0.2) is 65.9 Å². The van der Waals surface area contributed by atoms with Crippen molar-refractivity contribution in [1.82, 2.24) is 10.2 Å². The fourth-order valence-corrected chi connectivity index (χ4v) is 3.02. The number of hydrogen-bond donors (Lipinski definition) is 1. The van der Waals surface area contributed by atoms with Crippen LogP contribution < -0.4 is 10.9 Å². The molecule has 4 rings (SSSR count). The number of aryl methyl sites for hydroxylation is 1. The first-order valence-electron chi connectivity index (χ1n) is 7.93. The third-order valence-corrected chi connectivity index (χ3v) is 4.54. The molecule has 0 aliphatic heterocycles. The second kappa shape index (κ2) is 7.12. The van der Waals surface area contributed by atoms with Crippen LogP contribution in [0.5, 0.6) is 0 Å². The Morgan fingerprint density at radius 1 is 1.15 bits per heavy atom. The van der Waals surface area contributed by atoms with Crippen LogP contribution in [0.2, 0.25) is 0 Å². The van der Waals surface area contributed by atoms with Crippen LogP contribution in [0.1, 0.15) is 5.76 Å². The average Bonchev–Trinajstić information content (AvgIpc) is 3.28. The molecule has 0 aliphatic rings. The molecule has 1 aromatic carbocycles. The number of amides is 1. The second-order valence-corrected chi connectivity index (χ2v) is 6.53. The zero-order valence-electron chi connectivity index (χ0n) is 14.1.